The first-order valence-corrected chi connectivity index (χ1v) is 10.9. The first-order valence-electron chi connectivity index (χ1n) is 10.9. The molecule has 0 radical (unpaired) electrons. The van der Waals surface area contributed by atoms with Gasteiger partial charge in [0.25, 0.3) is 11.7 Å². The second-order valence-electron chi connectivity index (χ2n) is 8.24. The third-order valence-corrected chi connectivity index (χ3v) is 6.17. The number of nitrogens with one attached hydrogen (secondary N) is 1. The highest BCUT2D eigenvalue weighted by Gasteiger charge is 2.47. The number of hydrogen-bond donors (Lipinski definition) is 2. The number of fused-ring (bicyclic) bond motifs is 1. The van der Waals surface area contributed by atoms with Crippen molar-refractivity contribution in [1.82, 2.24) is 4.98 Å². The number of carbonyl (C=O) groups excluding carboxylic acids is 2. The van der Waals surface area contributed by atoms with E-state index in [0.29, 0.717) is 27.8 Å². The Morgan fingerprint density at radius 2 is 1.72 bits per heavy atom. The molecule has 1 aromatic heterocycles. The van der Waals surface area contributed by atoms with Gasteiger partial charge < -0.3 is 14.8 Å². The van der Waals surface area contributed by atoms with Gasteiger partial charge in [-0.05, 0) is 48.0 Å². The quantitative estimate of drug-likeness (QED) is 0.214. The summed E-state index contributed by atoms with van der Waals surface area (Å²) in [5.74, 6) is -1.87. The van der Waals surface area contributed by atoms with E-state index in [1.807, 2.05) is 6.07 Å². The number of carbonyl (C=O) groups is 2. The van der Waals surface area contributed by atoms with Gasteiger partial charge in [0.1, 0.15) is 11.5 Å². The van der Waals surface area contributed by atoms with Crippen molar-refractivity contribution in [1.29, 1.82) is 0 Å². The maximum absolute atomic E-state index is 13.3. The number of aromatic nitrogens is 1. The van der Waals surface area contributed by atoms with E-state index in [4.69, 9.17) is 4.74 Å². The van der Waals surface area contributed by atoms with Crippen LogP contribution in [0.5, 0.6) is 5.75 Å². The molecule has 182 valence electrons. The molecular formula is C27H19F3N2O4. The number of H-pyrrole nitrogens is 1. The van der Waals surface area contributed by atoms with E-state index >= 15 is 0 Å². The van der Waals surface area contributed by atoms with E-state index in [-0.39, 0.29) is 11.3 Å². The number of amides is 1. The minimum Gasteiger partial charge on any atom is -0.507 e. The molecule has 4 aromatic rings. The number of Topliss-reactive ketones (excluding diaryl/α,β-unsaturated/α-hetero) is 1. The van der Waals surface area contributed by atoms with Crippen LogP contribution in [0.4, 0.5) is 18.9 Å². The van der Waals surface area contributed by atoms with Gasteiger partial charge in [0.2, 0.25) is 0 Å². The number of ether oxygens (including phenoxy) is 1. The number of alkyl halides is 3. The van der Waals surface area contributed by atoms with Crippen LogP contribution in [-0.4, -0.2) is 28.9 Å². The zero-order valence-corrected chi connectivity index (χ0v) is 18.8. The fourth-order valence-electron chi connectivity index (χ4n) is 4.45. The van der Waals surface area contributed by atoms with Crippen LogP contribution in [0.25, 0.3) is 16.7 Å². The molecule has 1 aliphatic heterocycles. The Morgan fingerprint density at radius 1 is 1.00 bits per heavy atom. The lowest BCUT2D eigenvalue weighted by molar-refractivity contribution is -0.137. The number of rotatable bonds is 4. The molecule has 36 heavy (non-hydrogen) atoms. The van der Waals surface area contributed by atoms with Crippen LogP contribution in [-0.2, 0) is 15.8 Å². The highest BCUT2D eigenvalue weighted by Crippen LogP contribution is 2.44. The molecule has 1 fully saturated rings. The largest absolute Gasteiger partial charge is 0.507 e. The molecule has 1 unspecified atom stereocenters. The zero-order chi connectivity index (χ0) is 25.6. The molecule has 6 nitrogen and oxygen atoms in total. The van der Waals surface area contributed by atoms with Crippen LogP contribution in [0, 0.1) is 0 Å². The Bertz CT molecular complexity index is 1520. The van der Waals surface area contributed by atoms with E-state index in [1.165, 1.54) is 13.3 Å². The van der Waals surface area contributed by atoms with Crippen molar-refractivity contribution in [3.8, 4) is 5.75 Å². The maximum atomic E-state index is 13.3. The van der Waals surface area contributed by atoms with Crippen molar-refractivity contribution >= 4 is 34.0 Å². The Labute approximate surface area is 203 Å². The number of para-hydroxylation sites is 1. The Morgan fingerprint density at radius 3 is 2.42 bits per heavy atom. The van der Waals surface area contributed by atoms with Crippen molar-refractivity contribution < 1.29 is 32.6 Å². The minimum atomic E-state index is -4.56. The molecule has 2 N–H and O–H groups in total. The monoisotopic (exact) mass is 492 g/mol. The molecule has 1 amide bonds. The Hall–Kier alpha value is -4.53. The number of aromatic amines is 1. The van der Waals surface area contributed by atoms with Crippen molar-refractivity contribution in [2.75, 3.05) is 12.0 Å². The molecule has 0 saturated carbocycles. The summed E-state index contributed by atoms with van der Waals surface area (Å²) in [6.45, 7) is 0. The summed E-state index contributed by atoms with van der Waals surface area (Å²) in [4.78, 5) is 30.7. The van der Waals surface area contributed by atoms with E-state index in [0.717, 1.165) is 29.2 Å². The van der Waals surface area contributed by atoms with E-state index in [9.17, 15) is 27.9 Å². The summed E-state index contributed by atoms with van der Waals surface area (Å²) in [7, 11) is 1.46. The van der Waals surface area contributed by atoms with Gasteiger partial charge in [0.05, 0.1) is 24.3 Å². The van der Waals surface area contributed by atoms with E-state index in [2.05, 4.69) is 4.98 Å². The van der Waals surface area contributed by atoms with Gasteiger partial charge in [-0.3, -0.25) is 14.5 Å². The standard InChI is InChI=1S/C27H19F3N2O4/c1-36-18-6-4-5-15(13-18)23-22(24(33)20-14-31-21-8-3-2-7-19(20)21)25(34)26(35)32(23)17-11-9-16(10-12-17)27(28,29)30/h2-14,23,31,33H,1H3/b24-22-. The van der Waals surface area contributed by atoms with Crippen LogP contribution in [0.2, 0.25) is 0 Å². The second-order valence-corrected chi connectivity index (χ2v) is 8.24. The SMILES string of the molecule is COc1cccc(C2/C(=C(/O)c3c[nH]c4ccccc34)C(=O)C(=O)N2c2ccc(C(F)(F)F)cc2)c1. The number of ketones is 1. The van der Waals surface area contributed by atoms with Crippen LogP contribution in [0.15, 0.2) is 84.6 Å². The van der Waals surface area contributed by atoms with Gasteiger partial charge in [0, 0.05) is 28.4 Å². The predicted molar refractivity (Wildman–Crippen MR) is 128 cm³/mol. The molecule has 0 aliphatic carbocycles. The van der Waals surface area contributed by atoms with E-state index in [1.54, 1.807) is 42.5 Å². The van der Waals surface area contributed by atoms with Crippen LogP contribution in [0.3, 0.4) is 0 Å². The van der Waals surface area contributed by atoms with Gasteiger partial charge in [0.15, 0.2) is 0 Å². The topological polar surface area (TPSA) is 82.6 Å². The van der Waals surface area contributed by atoms with Gasteiger partial charge in [-0.25, -0.2) is 0 Å². The van der Waals surface area contributed by atoms with Gasteiger partial charge >= 0.3 is 6.18 Å². The molecular weight excluding hydrogens is 473 g/mol. The Balaban J connectivity index is 1.72. The summed E-state index contributed by atoms with van der Waals surface area (Å²) in [5.41, 5.74) is 0.487. The number of anilines is 1. The first-order chi connectivity index (χ1) is 17.2. The highest BCUT2D eigenvalue weighted by atomic mass is 19.4. The molecule has 9 heteroatoms. The summed E-state index contributed by atoms with van der Waals surface area (Å²) in [5, 5.41) is 12.0. The molecule has 1 saturated heterocycles. The average Bonchev–Trinajstić information content (AvgIpc) is 3.42. The normalized spacial score (nSPS) is 17.7. The van der Waals surface area contributed by atoms with Gasteiger partial charge in [-0.2, -0.15) is 13.2 Å². The molecule has 5 rings (SSSR count). The van der Waals surface area contributed by atoms with Crippen molar-refractivity contribution in [2.45, 2.75) is 12.2 Å². The van der Waals surface area contributed by atoms with Crippen molar-refractivity contribution in [3.63, 3.8) is 0 Å². The van der Waals surface area contributed by atoms with Crippen molar-refractivity contribution in [3.05, 3.63) is 101 Å². The molecule has 1 atom stereocenters. The molecule has 2 heterocycles. The molecule has 0 bridgehead atoms. The number of hydrogen-bond acceptors (Lipinski definition) is 4. The number of halogens is 3. The van der Waals surface area contributed by atoms with Crippen LogP contribution >= 0.6 is 0 Å². The van der Waals surface area contributed by atoms with Crippen molar-refractivity contribution in [2.24, 2.45) is 0 Å². The predicted octanol–water partition coefficient (Wildman–Crippen LogP) is 5.82. The number of nitrogens with zero attached hydrogens (tertiary/aromatic N) is 1. The van der Waals surface area contributed by atoms with Gasteiger partial charge in [-0.15, -0.1) is 0 Å². The second kappa shape index (κ2) is 8.60. The maximum Gasteiger partial charge on any atom is 0.416 e. The molecule has 0 spiro atoms. The number of methoxy groups -OCH3 is 1. The number of aliphatic hydroxyl groups excluding tert-OH is 1. The minimum absolute atomic E-state index is 0.0795. The average molecular weight is 492 g/mol. The fourth-order valence-corrected chi connectivity index (χ4v) is 4.45. The number of aliphatic hydroxyl groups is 1. The number of benzene rings is 3. The highest BCUT2D eigenvalue weighted by molar-refractivity contribution is 6.51. The molecule has 3 aromatic carbocycles. The summed E-state index contributed by atoms with van der Waals surface area (Å²) >= 11 is 0. The zero-order valence-electron chi connectivity index (χ0n) is 18.8. The van der Waals surface area contributed by atoms with Crippen LogP contribution in [0.1, 0.15) is 22.7 Å². The first kappa shape index (κ1) is 23.2. The molecule has 1 aliphatic rings. The lowest BCUT2D eigenvalue weighted by Gasteiger charge is -2.26. The van der Waals surface area contributed by atoms with Crippen LogP contribution < -0.4 is 9.64 Å². The fraction of sp³-hybridized carbons (Fsp3) is 0.111. The lowest BCUT2D eigenvalue weighted by Crippen LogP contribution is -2.29. The lowest BCUT2D eigenvalue weighted by atomic mass is 9.94. The third-order valence-electron chi connectivity index (χ3n) is 6.17. The Kier molecular flexibility index (Phi) is 5.55. The smallest absolute Gasteiger partial charge is 0.416 e. The third kappa shape index (κ3) is 3.78. The summed E-state index contributed by atoms with van der Waals surface area (Å²) in [6, 6.07) is 16.6. The van der Waals surface area contributed by atoms with E-state index < -0.39 is 35.2 Å². The summed E-state index contributed by atoms with van der Waals surface area (Å²) in [6.07, 6.45) is -3.03. The summed E-state index contributed by atoms with van der Waals surface area (Å²) < 4.78 is 44.7. The van der Waals surface area contributed by atoms with Gasteiger partial charge in [-0.1, -0.05) is 30.3 Å².